The molecule has 0 radical (unpaired) electrons. The number of ether oxygens (including phenoxy) is 1. The van der Waals surface area contributed by atoms with Crippen molar-refractivity contribution in [1.82, 2.24) is 0 Å². The summed E-state index contributed by atoms with van der Waals surface area (Å²) in [6.45, 7) is 1.71. The fraction of sp³-hybridized carbons (Fsp3) is 0.217. The van der Waals surface area contributed by atoms with Crippen LogP contribution in [0.3, 0.4) is 0 Å². The molecule has 4 rings (SSSR count). The molecule has 1 N–H and O–H groups in total. The highest BCUT2D eigenvalue weighted by Gasteiger charge is 2.40. The molecule has 0 aromatic heterocycles. The Bertz CT molecular complexity index is 1330. The van der Waals surface area contributed by atoms with Gasteiger partial charge in [-0.05, 0) is 65.2 Å². The van der Waals surface area contributed by atoms with E-state index < -0.39 is 27.8 Å². The third-order valence-corrected chi connectivity index (χ3v) is 6.93. The van der Waals surface area contributed by atoms with Crippen molar-refractivity contribution in [1.29, 1.82) is 5.26 Å². The zero-order valence-corrected chi connectivity index (χ0v) is 17.6. The van der Waals surface area contributed by atoms with E-state index in [-0.39, 0.29) is 12.4 Å². The van der Waals surface area contributed by atoms with Crippen molar-refractivity contribution in [2.45, 2.75) is 19.4 Å². The van der Waals surface area contributed by atoms with E-state index in [1.165, 1.54) is 16.4 Å². The first-order valence-electron chi connectivity index (χ1n) is 9.76. The molecular formula is C23H20N2O5S. The molecule has 1 aliphatic heterocycles. The number of hydrogen-bond donors (Lipinski definition) is 1. The zero-order valence-electron chi connectivity index (χ0n) is 16.8. The van der Waals surface area contributed by atoms with Crippen LogP contribution < -0.4 is 4.31 Å². The van der Waals surface area contributed by atoms with E-state index in [1.807, 2.05) is 24.3 Å². The molecule has 1 aliphatic rings. The summed E-state index contributed by atoms with van der Waals surface area (Å²) in [7, 11) is -4.05. The zero-order chi connectivity index (χ0) is 22.2. The number of anilines is 1. The number of carbonyl (C=O) groups excluding carboxylic acids is 1. The Morgan fingerprint density at radius 3 is 2.68 bits per heavy atom. The van der Waals surface area contributed by atoms with Crippen LogP contribution in [0.4, 0.5) is 5.69 Å². The number of fused-ring (bicyclic) bond motifs is 2. The Hall–Kier alpha value is -3.57. The molecule has 0 aliphatic carbocycles. The fourth-order valence-electron chi connectivity index (χ4n) is 3.97. The molecule has 0 saturated heterocycles. The Kier molecular flexibility index (Phi) is 5.29. The molecule has 31 heavy (non-hydrogen) atoms. The van der Waals surface area contributed by atoms with Crippen molar-refractivity contribution in [2.75, 3.05) is 16.7 Å². The number of esters is 1. The molecule has 158 valence electrons. The highest BCUT2D eigenvalue weighted by molar-refractivity contribution is 7.93. The summed E-state index contributed by atoms with van der Waals surface area (Å²) < 4.78 is 32.6. The van der Waals surface area contributed by atoms with Gasteiger partial charge in [0.15, 0.2) is 5.75 Å². The summed E-state index contributed by atoms with van der Waals surface area (Å²) in [5.41, 5.74) is 2.34. The molecule has 1 unspecified atom stereocenters. The quantitative estimate of drug-likeness (QED) is 0.614. The predicted molar refractivity (Wildman–Crippen MR) is 116 cm³/mol. The molecule has 8 heteroatoms. The molecular weight excluding hydrogens is 416 g/mol. The standard InChI is InChI=1S/C23H20N2O5S/c1-2-30-23(27)14-31(28,29)25-21-8-7-20(26)11-19(21)12-22(25)17-6-5-16-4-3-15(13-24)9-18(16)10-17/h3-11,22,26H,2,12,14H2,1H3. The molecule has 0 saturated carbocycles. The van der Waals surface area contributed by atoms with Gasteiger partial charge in [0.2, 0.25) is 10.0 Å². The summed E-state index contributed by atoms with van der Waals surface area (Å²) in [4.78, 5) is 12.0. The lowest BCUT2D eigenvalue weighted by Crippen LogP contribution is -2.37. The minimum atomic E-state index is -4.05. The van der Waals surface area contributed by atoms with Gasteiger partial charge in [0, 0.05) is 6.42 Å². The van der Waals surface area contributed by atoms with Crippen molar-refractivity contribution in [3.05, 3.63) is 71.3 Å². The Labute approximate surface area is 180 Å². The number of nitriles is 1. The number of carbonyl (C=O) groups is 1. The number of sulfonamides is 1. The number of rotatable bonds is 5. The highest BCUT2D eigenvalue weighted by Crippen LogP contribution is 2.44. The average molecular weight is 436 g/mol. The summed E-state index contributed by atoms with van der Waals surface area (Å²) in [6, 6.07) is 16.9. The lowest BCUT2D eigenvalue weighted by Gasteiger charge is -2.27. The van der Waals surface area contributed by atoms with Crippen molar-refractivity contribution in [2.24, 2.45) is 0 Å². The first-order chi connectivity index (χ1) is 14.8. The summed E-state index contributed by atoms with van der Waals surface area (Å²) in [6.07, 6.45) is 0.342. The number of benzene rings is 3. The minimum Gasteiger partial charge on any atom is -0.508 e. The van der Waals surface area contributed by atoms with Gasteiger partial charge in [0.25, 0.3) is 0 Å². The number of nitrogens with zero attached hydrogens (tertiary/aromatic N) is 2. The molecule has 1 atom stereocenters. The second-order valence-corrected chi connectivity index (χ2v) is 9.17. The Balaban J connectivity index is 1.81. The van der Waals surface area contributed by atoms with Crippen molar-refractivity contribution in [3.8, 4) is 11.8 Å². The van der Waals surface area contributed by atoms with E-state index in [1.54, 1.807) is 25.1 Å². The largest absolute Gasteiger partial charge is 0.508 e. The van der Waals surface area contributed by atoms with Gasteiger partial charge < -0.3 is 9.84 Å². The molecule has 0 amide bonds. The third-order valence-electron chi connectivity index (χ3n) is 5.28. The van der Waals surface area contributed by atoms with E-state index in [2.05, 4.69) is 6.07 Å². The number of aromatic hydroxyl groups is 1. The third kappa shape index (κ3) is 3.92. The maximum Gasteiger partial charge on any atom is 0.323 e. The molecule has 0 spiro atoms. The van der Waals surface area contributed by atoms with Crippen molar-refractivity contribution < 1.29 is 23.1 Å². The normalized spacial score (nSPS) is 15.5. The Morgan fingerprint density at radius 2 is 1.94 bits per heavy atom. The van der Waals surface area contributed by atoms with E-state index in [9.17, 15) is 23.6 Å². The number of phenolic OH excluding ortho intramolecular Hbond substituents is 1. The average Bonchev–Trinajstić information content (AvgIpc) is 3.12. The summed E-state index contributed by atoms with van der Waals surface area (Å²) in [5.74, 6) is -1.55. The topological polar surface area (TPSA) is 108 Å². The highest BCUT2D eigenvalue weighted by atomic mass is 32.2. The van der Waals surface area contributed by atoms with Crippen LogP contribution in [0.5, 0.6) is 5.75 Å². The minimum absolute atomic E-state index is 0.0410. The van der Waals surface area contributed by atoms with Gasteiger partial charge in [0.05, 0.1) is 30.0 Å². The predicted octanol–water partition coefficient (Wildman–Crippen LogP) is 3.41. The SMILES string of the molecule is CCOC(=O)CS(=O)(=O)N1c2ccc(O)cc2CC1c1ccc2ccc(C#N)cc2c1. The molecule has 7 nitrogen and oxygen atoms in total. The van der Waals surface area contributed by atoms with E-state index in [0.29, 0.717) is 23.2 Å². The van der Waals surface area contributed by atoms with Crippen LogP contribution in [0.2, 0.25) is 0 Å². The van der Waals surface area contributed by atoms with Crippen LogP contribution >= 0.6 is 0 Å². The van der Waals surface area contributed by atoms with Gasteiger partial charge in [-0.2, -0.15) is 5.26 Å². The van der Waals surface area contributed by atoms with Gasteiger partial charge in [-0.15, -0.1) is 0 Å². The molecule has 1 heterocycles. The maximum atomic E-state index is 13.2. The number of phenols is 1. The van der Waals surface area contributed by atoms with Gasteiger partial charge in [-0.1, -0.05) is 18.2 Å². The van der Waals surface area contributed by atoms with E-state index >= 15 is 0 Å². The smallest absolute Gasteiger partial charge is 0.323 e. The first kappa shape index (κ1) is 20.7. The van der Waals surface area contributed by atoms with Crippen molar-refractivity contribution in [3.63, 3.8) is 0 Å². The fourth-order valence-corrected chi connectivity index (χ4v) is 5.55. The lowest BCUT2D eigenvalue weighted by atomic mass is 9.98. The first-order valence-corrected chi connectivity index (χ1v) is 11.4. The second kappa shape index (κ2) is 7.93. The van der Waals surface area contributed by atoms with E-state index in [4.69, 9.17) is 4.74 Å². The van der Waals surface area contributed by atoms with Crippen LogP contribution in [-0.2, 0) is 26.0 Å². The monoisotopic (exact) mass is 436 g/mol. The summed E-state index contributed by atoms with van der Waals surface area (Å²) in [5, 5.41) is 20.8. The van der Waals surface area contributed by atoms with Gasteiger partial charge in [-0.25, -0.2) is 8.42 Å². The second-order valence-electron chi connectivity index (χ2n) is 7.32. The van der Waals surface area contributed by atoms with Gasteiger partial charge in [-0.3, -0.25) is 9.10 Å². The van der Waals surface area contributed by atoms with Gasteiger partial charge >= 0.3 is 5.97 Å². The van der Waals surface area contributed by atoms with Crippen LogP contribution in [-0.4, -0.2) is 31.9 Å². The molecule has 3 aromatic carbocycles. The summed E-state index contributed by atoms with van der Waals surface area (Å²) >= 11 is 0. The van der Waals surface area contributed by atoms with Crippen molar-refractivity contribution >= 4 is 32.5 Å². The number of hydrogen-bond acceptors (Lipinski definition) is 6. The van der Waals surface area contributed by atoms with Crippen LogP contribution in [0.25, 0.3) is 10.8 Å². The molecule has 0 fully saturated rings. The van der Waals surface area contributed by atoms with Crippen LogP contribution in [0, 0.1) is 11.3 Å². The van der Waals surface area contributed by atoms with Crippen LogP contribution in [0.1, 0.15) is 29.7 Å². The maximum absolute atomic E-state index is 13.2. The van der Waals surface area contributed by atoms with Gasteiger partial charge in [0.1, 0.15) is 5.75 Å². The molecule has 3 aromatic rings. The Morgan fingerprint density at radius 1 is 1.16 bits per heavy atom. The van der Waals surface area contributed by atoms with Crippen LogP contribution in [0.15, 0.2) is 54.6 Å². The molecule has 0 bridgehead atoms. The van der Waals surface area contributed by atoms with E-state index in [0.717, 1.165) is 16.3 Å². The lowest BCUT2D eigenvalue weighted by molar-refractivity contribution is -0.139.